The number of H-pyrrole nitrogens is 1. The van der Waals surface area contributed by atoms with Crippen molar-refractivity contribution in [3.8, 4) is 0 Å². The Balaban J connectivity index is 1.80. The Kier molecular flexibility index (Phi) is 5.19. The van der Waals surface area contributed by atoms with Crippen LogP contribution in [0.5, 0.6) is 0 Å². The molecule has 28 heavy (non-hydrogen) atoms. The molecule has 0 fully saturated rings. The summed E-state index contributed by atoms with van der Waals surface area (Å²) in [4.78, 5) is 29.0. The Labute approximate surface area is 180 Å². The van der Waals surface area contributed by atoms with E-state index in [9.17, 15) is 9.59 Å². The van der Waals surface area contributed by atoms with Crippen molar-refractivity contribution < 1.29 is 9.59 Å². The third kappa shape index (κ3) is 3.68. The van der Waals surface area contributed by atoms with Gasteiger partial charge in [-0.3, -0.25) is 9.59 Å². The summed E-state index contributed by atoms with van der Waals surface area (Å²) in [7, 11) is 0. The van der Waals surface area contributed by atoms with Gasteiger partial charge in [-0.25, -0.2) is 0 Å². The molecule has 0 aliphatic carbocycles. The maximum absolute atomic E-state index is 13.1. The van der Waals surface area contributed by atoms with Crippen molar-refractivity contribution in [3.63, 3.8) is 0 Å². The number of aromatic nitrogens is 1. The van der Waals surface area contributed by atoms with Gasteiger partial charge in [-0.1, -0.05) is 41.9 Å². The first kappa shape index (κ1) is 18.7. The van der Waals surface area contributed by atoms with Crippen LogP contribution >= 0.6 is 34.2 Å². The van der Waals surface area contributed by atoms with Crippen molar-refractivity contribution >= 4 is 62.5 Å². The summed E-state index contributed by atoms with van der Waals surface area (Å²) in [6.07, 6.45) is 0. The molecular formula is C22H14ClIN2O2. The van der Waals surface area contributed by atoms with Crippen LogP contribution in [0.3, 0.4) is 0 Å². The van der Waals surface area contributed by atoms with E-state index in [2.05, 4.69) is 32.9 Å². The smallest absolute Gasteiger partial charge is 0.255 e. The number of amides is 1. The Bertz CT molecular complexity index is 1180. The van der Waals surface area contributed by atoms with E-state index in [1.54, 1.807) is 54.6 Å². The Morgan fingerprint density at radius 3 is 2.32 bits per heavy atom. The van der Waals surface area contributed by atoms with Gasteiger partial charge in [0.2, 0.25) is 5.78 Å². The zero-order chi connectivity index (χ0) is 19.7. The molecule has 4 nitrogen and oxygen atoms in total. The monoisotopic (exact) mass is 500 g/mol. The molecule has 4 aromatic rings. The minimum atomic E-state index is -0.283. The van der Waals surface area contributed by atoms with Crippen molar-refractivity contribution in [1.82, 2.24) is 4.98 Å². The lowest BCUT2D eigenvalue weighted by atomic mass is 10.1. The first-order chi connectivity index (χ1) is 13.5. The lowest BCUT2D eigenvalue weighted by Gasteiger charge is -2.08. The Morgan fingerprint density at radius 1 is 0.893 bits per heavy atom. The van der Waals surface area contributed by atoms with Crippen LogP contribution < -0.4 is 5.32 Å². The van der Waals surface area contributed by atoms with Crippen LogP contribution in [0.25, 0.3) is 10.9 Å². The van der Waals surface area contributed by atoms with Gasteiger partial charge in [-0.05, 0) is 65.1 Å². The quantitative estimate of drug-likeness (QED) is 0.270. The number of aromatic amines is 1. The lowest BCUT2D eigenvalue weighted by molar-refractivity contribution is 0.102. The molecule has 0 saturated carbocycles. The molecule has 1 aromatic heterocycles. The van der Waals surface area contributed by atoms with Crippen molar-refractivity contribution in [1.29, 1.82) is 0 Å². The molecule has 138 valence electrons. The third-order valence-electron chi connectivity index (χ3n) is 4.37. The van der Waals surface area contributed by atoms with Crippen LogP contribution in [0.4, 0.5) is 5.69 Å². The molecule has 6 heteroatoms. The number of anilines is 1. The van der Waals surface area contributed by atoms with E-state index in [1.807, 2.05) is 18.2 Å². The van der Waals surface area contributed by atoms with Gasteiger partial charge in [0.15, 0.2) is 0 Å². The van der Waals surface area contributed by atoms with Crippen LogP contribution in [-0.2, 0) is 0 Å². The molecule has 0 aliphatic heterocycles. The van der Waals surface area contributed by atoms with Gasteiger partial charge >= 0.3 is 0 Å². The molecule has 4 rings (SSSR count). The van der Waals surface area contributed by atoms with Crippen LogP contribution in [0.1, 0.15) is 26.4 Å². The molecule has 0 unspecified atom stereocenters. The van der Waals surface area contributed by atoms with Crippen molar-refractivity contribution in [2.24, 2.45) is 0 Å². The zero-order valence-electron chi connectivity index (χ0n) is 14.5. The standard InChI is InChI=1S/C22H14ClIN2O2/c23-15-8-11-17-18(12-15)25-20(21(27)13-4-2-1-3-5-13)19(17)26-22(28)14-6-9-16(24)10-7-14/h1-12,25H,(H,26,28). The normalized spacial score (nSPS) is 10.8. The van der Waals surface area contributed by atoms with E-state index in [4.69, 9.17) is 11.6 Å². The number of carbonyl (C=O) groups is 2. The Hall–Kier alpha value is -2.64. The minimum absolute atomic E-state index is 0.203. The lowest BCUT2D eigenvalue weighted by Crippen LogP contribution is -2.14. The van der Waals surface area contributed by atoms with Crippen molar-refractivity contribution in [2.45, 2.75) is 0 Å². The van der Waals surface area contributed by atoms with E-state index >= 15 is 0 Å². The Morgan fingerprint density at radius 2 is 1.61 bits per heavy atom. The molecule has 2 N–H and O–H groups in total. The number of benzene rings is 3. The fourth-order valence-electron chi connectivity index (χ4n) is 2.99. The van der Waals surface area contributed by atoms with Gasteiger partial charge in [0.1, 0.15) is 5.69 Å². The average Bonchev–Trinajstić information content (AvgIpc) is 3.05. The highest BCUT2D eigenvalue weighted by Crippen LogP contribution is 2.31. The molecule has 0 aliphatic rings. The molecule has 1 amide bonds. The number of hydrogen-bond donors (Lipinski definition) is 2. The second-order valence-corrected chi connectivity index (χ2v) is 7.90. The summed E-state index contributed by atoms with van der Waals surface area (Å²) in [5, 5.41) is 4.17. The summed E-state index contributed by atoms with van der Waals surface area (Å²) in [5.74, 6) is -0.486. The van der Waals surface area contributed by atoms with Crippen LogP contribution in [0, 0.1) is 3.57 Å². The van der Waals surface area contributed by atoms with Crippen molar-refractivity contribution in [2.75, 3.05) is 5.32 Å². The van der Waals surface area contributed by atoms with Crippen LogP contribution in [0.2, 0.25) is 5.02 Å². The second kappa shape index (κ2) is 7.77. The average molecular weight is 501 g/mol. The van der Waals surface area contributed by atoms with Crippen LogP contribution in [0.15, 0.2) is 72.8 Å². The SMILES string of the molecule is O=C(Nc1c(C(=O)c2ccccc2)[nH]c2cc(Cl)ccc12)c1ccc(I)cc1. The molecule has 0 spiro atoms. The number of ketones is 1. The van der Waals surface area contributed by atoms with E-state index in [-0.39, 0.29) is 11.7 Å². The highest BCUT2D eigenvalue weighted by atomic mass is 127. The van der Waals surface area contributed by atoms with Gasteiger partial charge in [0, 0.05) is 30.6 Å². The molecule has 0 saturated heterocycles. The summed E-state index contributed by atoms with van der Waals surface area (Å²) in [5.41, 5.74) is 2.50. The predicted molar refractivity (Wildman–Crippen MR) is 120 cm³/mol. The number of halogens is 2. The summed E-state index contributed by atoms with van der Waals surface area (Å²) in [6, 6.07) is 21.4. The van der Waals surface area contributed by atoms with Crippen LogP contribution in [-0.4, -0.2) is 16.7 Å². The van der Waals surface area contributed by atoms with Gasteiger partial charge in [-0.2, -0.15) is 0 Å². The van der Waals surface area contributed by atoms with E-state index in [0.717, 1.165) is 8.96 Å². The molecule has 3 aromatic carbocycles. The first-order valence-electron chi connectivity index (χ1n) is 8.51. The molecule has 0 atom stereocenters. The zero-order valence-corrected chi connectivity index (χ0v) is 17.4. The maximum Gasteiger partial charge on any atom is 0.255 e. The first-order valence-corrected chi connectivity index (χ1v) is 9.96. The number of rotatable bonds is 4. The van der Waals surface area contributed by atoms with E-state index in [0.29, 0.717) is 33.0 Å². The number of fused-ring (bicyclic) bond motifs is 1. The van der Waals surface area contributed by atoms with Gasteiger partial charge in [0.25, 0.3) is 5.91 Å². The third-order valence-corrected chi connectivity index (χ3v) is 5.32. The van der Waals surface area contributed by atoms with Gasteiger partial charge in [0.05, 0.1) is 5.69 Å². The fraction of sp³-hybridized carbons (Fsp3) is 0. The number of carbonyl (C=O) groups excluding carboxylic acids is 2. The highest BCUT2D eigenvalue weighted by Gasteiger charge is 2.21. The highest BCUT2D eigenvalue weighted by molar-refractivity contribution is 14.1. The fourth-order valence-corrected chi connectivity index (χ4v) is 3.52. The van der Waals surface area contributed by atoms with E-state index in [1.165, 1.54) is 0 Å². The van der Waals surface area contributed by atoms with Gasteiger partial charge < -0.3 is 10.3 Å². The topological polar surface area (TPSA) is 62.0 Å². The molecule has 0 bridgehead atoms. The van der Waals surface area contributed by atoms with E-state index < -0.39 is 0 Å². The molecule has 0 radical (unpaired) electrons. The number of hydrogen-bond acceptors (Lipinski definition) is 2. The minimum Gasteiger partial charge on any atom is -0.350 e. The molecule has 1 heterocycles. The van der Waals surface area contributed by atoms with Crippen molar-refractivity contribution in [3.05, 3.63) is 98.2 Å². The summed E-state index contributed by atoms with van der Waals surface area (Å²) in [6.45, 7) is 0. The largest absolute Gasteiger partial charge is 0.350 e. The predicted octanol–water partition coefficient (Wildman–Crippen LogP) is 5.91. The molecular weight excluding hydrogens is 487 g/mol. The van der Waals surface area contributed by atoms with Gasteiger partial charge in [-0.15, -0.1) is 0 Å². The maximum atomic E-state index is 13.1. The summed E-state index contributed by atoms with van der Waals surface area (Å²) < 4.78 is 1.04. The number of nitrogens with one attached hydrogen (secondary N) is 2. The second-order valence-electron chi connectivity index (χ2n) is 6.22. The summed E-state index contributed by atoms with van der Waals surface area (Å²) >= 11 is 8.28.